The maximum absolute atomic E-state index is 5.84. The minimum atomic E-state index is 0.278. The van der Waals surface area contributed by atoms with Crippen molar-refractivity contribution >= 4 is 11.5 Å². The molecule has 2 atom stereocenters. The third kappa shape index (κ3) is 2.81. The molecule has 2 fully saturated rings. The minimum Gasteiger partial charge on any atom is -0.374 e. The van der Waals surface area contributed by atoms with Crippen LogP contribution in [-0.4, -0.2) is 64.9 Å². The molecule has 1 N–H and O–H groups in total. The highest BCUT2D eigenvalue weighted by Gasteiger charge is 2.40. The van der Waals surface area contributed by atoms with Crippen LogP contribution < -0.4 is 4.90 Å². The average Bonchev–Trinajstić information content (AvgIpc) is 3.67. The summed E-state index contributed by atoms with van der Waals surface area (Å²) in [5, 5.41) is 16.8. The highest BCUT2D eigenvalue weighted by molar-refractivity contribution is 5.80. The summed E-state index contributed by atoms with van der Waals surface area (Å²) in [5.74, 6) is 0.937. The number of aromatic amines is 1. The normalized spacial score (nSPS) is 19.5. The SMILES string of the molecule is Cc1nn(-c2cccnc2)c(C)c1-c1cc(N2C[C@@H]3C[C@H]2CO3)nc2c(-c3ccn[nH]3)cnn12. The standard InChI is InChI=1S/C24H23N9O/c1-14-23(15(2)32(30-14)16-4-3-6-25-10-16)21-9-22(31-12-18-8-17(31)13-34-18)28-24-19(11-27-33(21)24)20-5-7-26-29-20/h3-7,9-11,17-18H,8,12-13H2,1-2H3,(H,26,29)/t17-,18-/m0/s1. The van der Waals surface area contributed by atoms with Gasteiger partial charge in [-0.2, -0.15) is 15.3 Å². The number of aromatic nitrogens is 8. The molecule has 0 unspecified atom stereocenters. The van der Waals surface area contributed by atoms with Crippen molar-refractivity contribution in [2.24, 2.45) is 0 Å². The van der Waals surface area contributed by atoms with Gasteiger partial charge in [0, 0.05) is 30.6 Å². The van der Waals surface area contributed by atoms with Crippen LogP contribution in [0.15, 0.2) is 49.1 Å². The van der Waals surface area contributed by atoms with E-state index in [4.69, 9.17) is 19.9 Å². The molecule has 5 aromatic rings. The Morgan fingerprint density at radius 3 is 2.82 bits per heavy atom. The average molecular weight is 454 g/mol. The van der Waals surface area contributed by atoms with Crippen molar-refractivity contribution in [3.63, 3.8) is 0 Å². The van der Waals surface area contributed by atoms with Gasteiger partial charge in [-0.05, 0) is 38.5 Å². The number of H-pyrrole nitrogens is 1. The number of hydrogen-bond donors (Lipinski definition) is 1. The quantitative estimate of drug-likeness (QED) is 0.446. The van der Waals surface area contributed by atoms with Crippen LogP contribution in [0.1, 0.15) is 17.8 Å². The number of nitrogens with one attached hydrogen (secondary N) is 1. The molecular weight excluding hydrogens is 430 g/mol. The molecule has 7 heterocycles. The van der Waals surface area contributed by atoms with E-state index in [9.17, 15) is 0 Å². The molecule has 170 valence electrons. The zero-order chi connectivity index (χ0) is 22.8. The molecule has 2 bridgehead atoms. The minimum absolute atomic E-state index is 0.278. The fourth-order valence-electron chi connectivity index (χ4n) is 5.30. The first-order valence-corrected chi connectivity index (χ1v) is 11.4. The molecule has 2 saturated heterocycles. The van der Waals surface area contributed by atoms with Crippen molar-refractivity contribution < 1.29 is 4.74 Å². The molecule has 2 aliphatic rings. The summed E-state index contributed by atoms with van der Waals surface area (Å²) in [6, 6.07) is 8.36. The number of anilines is 1. The second kappa shape index (κ2) is 7.22. The molecule has 2 aliphatic heterocycles. The van der Waals surface area contributed by atoms with E-state index in [0.29, 0.717) is 6.04 Å². The van der Waals surface area contributed by atoms with Crippen molar-refractivity contribution in [3.05, 3.63) is 60.4 Å². The number of morpholine rings is 1. The van der Waals surface area contributed by atoms with Gasteiger partial charge in [0.25, 0.3) is 0 Å². The summed E-state index contributed by atoms with van der Waals surface area (Å²) in [6.07, 6.45) is 8.50. The largest absolute Gasteiger partial charge is 0.374 e. The smallest absolute Gasteiger partial charge is 0.167 e. The lowest BCUT2D eigenvalue weighted by Crippen LogP contribution is -2.37. The summed E-state index contributed by atoms with van der Waals surface area (Å²) in [6.45, 7) is 5.72. The Balaban J connectivity index is 1.46. The molecule has 0 saturated carbocycles. The lowest BCUT2D eigenvalue weighted by atomic mass is 10.1. The van der Waals surface area contributed by atoms with Gasteiger partial charge in [0.15, 0.2) is 5.65 Å². The van der Waals surface area contributed by atoms with Gasteiger partial charge in [-0.3, -0.25) is 10.1 Å². The number of aryl methyl sites for hydroxylation is 1. The Bertz CT molecular complexity index is 1500. The second-order valence-corrected chi connectivity index (χ2v) is 8.93. The summed E-state index contributed by atoms with van der Waals surface area (Å²) in [5.41, 5.74) is 7.45. The molecule has 0 aliphatic carbocycles. The van der Waals surface area contributed by atoms with Crippen LogP contribution in [-0.2, 0) is 4.74 Å². The topological polar surface area (TPSA) is 102 Å². The first kappa shape index (κ1) is 19.4. The first-order valence-electron chi connectivity index (χ1n) is 11.4. The fourth-order valence-corrected chi connectivity index (χ4v) is 5.30. The Hall–Kier alpha value is -4.05. The fraction of sp³-hybridized carbons (Fsp3) is 0.292. The molecular formula is C24H23N9O. The predicted molar refractivity (Wildman–Crippen MR) is 126 cm³/mol. The van der Waals surface area contributed by atoms with E-state index in [2.05, 4.69) is 33.1 Å². The Morgan fingerprint density at radius 1 is 1.15 bits per heavy atom. The van der Waals surface area contributed by atoms with Crippen molar-refractivity contribution in [1.82, 2.24) is 39.6 Å². The lowest BCUT2D eigenvalue weighted by molar-refractivity contribution is 0.0989. The summed E-state index contributed by atoms with van der Waals surface area (Å²) >= 11 is 0. The molecule has 0 spiro atoms. The van der Waals surface area contributed by atoms with Gasteiger partial charge in [0.05, 0.1) is 65.2 Å². The van der Waals surface area contributed by atoms with Crippen molar-refractivity contribution in [2.45, 2.75) is 32.4 Å². The Labute approximate surface area is 195 Å². The highest BCUT2D eigenvalue weighted by Crippen LogP contribution is 2.37. The van der Waals surface area contributed by atoms with E-state index in [1.165, 1.54) is 0 Å². The van der Waals surface area contributed by atoms with Gasteiger partial charge in [0.1, 0.15) is 5.82 Å². The molecule has 10 nitrogen and oxygen atoms in total. The zero-order valence-electron chi connectivity index (χ0n) is 18.9. The highest BCUT2D eigenvalue weighted by atomic mass is 16.5. The summed E-state index contributed by atoms with van der Waals surface area (Å²) in [4.78, 5) is 11.7. The number of pyridine rings is 1. The van der Waals surface area contributed by atoms with E-state index in [-0.39, 0.29) is 6.10 Å². The monoisotopic (exact) mass is 453 g/mol. The van der Waals surface area contributed by atoms with E-state index in [1.54, 1.807) is 12.4 Å². The van der Waals surface area contributed by atoms with E-state index < -0.39 is 0 Å². The van der Waals surface area contributed by atoms with E-state index in [1.807, 2.05) is 46.7 Å². The van der Waals surface area contributed by atoms with Gasteiger partial charge in [-0.25, -0.2) is 14.2 Å². The van der Waals surface area contributed by atoms with Crippen LogP contribution in [0.4, 0.5) is 5.82 Å². The molecule has 7 rings (SSSR count). The summed E-state index contributed by atoms with van der Waals surface area (Å²) in [7, 11) is 0. The number of hydrogen-bond acceptors (Lipinski definition) is 7. The van der Waals surface area contributed by atoms with Crippen LogP contribution in [0, 0.1) is 13.8 Å². The van der Waals surface area contributed by atoms with Crippen LogP contribution in [0.3, 0.4) is 0 Å². The van der Waals surface area contributed by atoms with Crippen LogP contribution in [0.2, 0.25) is 0 Å². The van der Waals surface area contributed by atoms with Crippen LogP contribution >= 0.6 is 0 Å². The van der Waals surface area contributed by atoms with Crippen LogP contribution in [0.25, 0.3) is 33.8 Å². The van der Waals surface area contributed by atoms with Gasteiger partial charge in [-0.1, -0.05) is 0 Å². The number of fused-ring (bicyclic) bond motifs is 3. The molecule has 5 aromatic heterocycles. The molecule has 34 heavy (non-hydrogen) atoms. The van der Waals surface area contributed by atoms with Crippen LogP contribution in [0.5, 0.6) is 0 Å². The molecule has 0 aromatic carbocycles. The van der Waals surface area contributed by atoms with E-state index in [0.717, 1.165) is 70.6 Å². The maximum Gasteiger partial charge on any atom is 0.167 e. The van der Waals surface area contributed by atoms with Gasteiger partial charge in [0.2, 0.25) is 0 Å². The lowest BCUT2D eigenvalue weighted by Gasteiger charge is -2.28. The van der Waals surface area contributed by atoms with Crippen molar-refractivity contribution in [1.29, 1.82) is 0 Å². The summed E-state index contributed by atoms with van der Waals surface area (Å²) < 4.78 is 9.70. The Morgan fingerprint density at radius 2 is 2.09 bits per heavy atom. The number of nitrogens with zero attached hydrogens (tertiary/aromatic N) is 8. The van der Waals surface area contributed by atoms with Crippen molar-refractivity contribution in [3.8, 4) is 28.2 Å². The molecule has 0 amide bonds. The van der Waals surface area contributed by atoms with Crippen molar-refractivity contribution in [2.75, 3.05) is 18.1 Å². The Kier molecular flexibility index (Phi) is 4.13. The second-order valence-electron chi connectivity index (χ2n) is 8.93. The van der Waals surface area contributed by atoms with Gasteiger partial charge in [-0.15, -0.1) is 0 Å². The molecule has 10 heteroatoms. The van der Waals surface area contributed by atoms with E-state index >= 15 is 0 Å². The predicted octanol–water partition coefficient (Wildman–Crippen LogP) is 2.96. The number of rotatable bonds is 4. The van der Waals surface area contributed by atoms with Gasteiger partial charge >= 0.3 is 0 Å². The maximum atomic E-state index is 5.84. The first-order chi connectivity index (χ1) is 16.7. The third-order valence-electron chi connectivity index (χ3n) is 6.88. The third-order valence-corrected chi connectivity index (χ3v) is 6.88. The number of ether oxygens (including phenoxy) is 1. The zero-order valence-corrected chi connectivity index (χ0v) is 18.9. The van der Waals surface area contributed by atoms with Gasteiger partial charge < -0.3 is 9.64 Å². The molecule has 0 radical (unpaired) electrons.